The first-order valence-electron chi connectivity index (χ1n) is 7.99. The van der Waals surface area contributed by atoms with E-state index in [1.165, 1.54) is 0 Å². The number of hydrogen-bond donors (Lipinski definition) is 2. The van der Waals surface area contributed by atoms with Crippen molar-refractivity contribution in [2.75, 3.05) is 26.2 Å². The molecule has 0 atom stereocenters. The van der Waals surface area contributed by atoms with Gasteiger partial charge in [0, 0.05) is 18.7 Å². The Morgan fingerprint density at radius 3 is 2.43 bits per heavy atom. The van der Waals surface area contributed by atoms with Gasteiger partial charge in [-0.15, -0.1) is 0 Å². The summed E-state index contributed by atoms with van der Waals surface area (Å²) in [5, 5.41) is 12.3. The molecule has 0 saturated carbocycles. The van der Waals surface area contributed by atoms with Crippen molar-refractivity contribution in [3.8, 4) is 11.3 Å². The van der Waals surface area contributed by atoms with Gasteiger partial charge in [-0.1, -0.05) is 26.0 Å². The summed E-state index contributed by atoms with van der Waals surface area (Å²) in [6.07, 6.45) is 0. The lowest BCUT2D eigenvalue weighted by molar-refractivity contribution is 0.0697. The van der Waals surface area contributed by atoms with Gasteiger partial charge in [-0.05, 0) is 37.4 Å². The maximum absolute atomic E-state index is 10.9. The van der Waals surface area contributed by atoms with Crippen molar-refractivity contribution >= 4 is 5.97 Å². The number of nitrogens with one attached hydrogen (secondary N) is 1. The van der Waals surface area contributed by atoms with E-state index in [-0.39, 0.29) is 5.56 Å². The molecule has 0 radical (unpaired) electrons. The highest BCUT2D eigenvalue weighted by Crippen LogP contribution is 2.22. The largest absolute Gasteiger partial charge is 0.478 e. The van der Waals surface area contributed by atoms with Gasteiger partial charge in [0.1, 0.15) is 11.5 Å². The van der Waals surface area contributed by atoms with Gasteiger partial charge < -0.3 is 19.7 Å². The third-order valence-corrected chi connectivity index (χ3v) is 3.88. The van der Waals surface area contributed by atoms with E-state index in [1.807, 2.05) is 12.1 Å². The number of rotatable bonds is 9. The van der Waals surface area contributed by atoms with Crippen molar-refractivity contribution in [2.45, 2.75) is 20.4 Å². The number of nitrogens with zero attached hydrogens (tertiary/aromatic N) is 1. The first-order valence-corrected chi connectivity index (χ1v) is 7.99. The molecule has 0 amide bonds. The van der Waals surface area contributed by atoms with Gasteiger partial charge in [0.2, 0.25) is 0 Å². The van der Waals surface area contributed by atoms with Crippen molar-refractivity contribution in [3.63, 3.8) is 0 Å². The van der Waals surface area contributed by atoms with Crippen molar-refractivity contribution in [2.24, 2.45) is 0 Å². The normalized spacial score (nSPS) is 11.1. The fourth-order valence-electron chi connectivity index (χ4n) is 2.39. The second-order valence-corrected chi connectivity index (χ2v) is 5.35. The Morgan fingerprint density at radius 1 is 1.13 bits per heavy atom. The quantitative estimate of drug-likeness (QED) is 0.696. The summed E-state index contributed by atoms with van der Waals surface area (Å²) in [7, 11) is 0. The fourth-order valence-corrected chi connectivity index (χ4v) is 2.39. The summed E-state index contributed by atoms with van der Waals surface area (Å²) in [6, 6.07) is 10.6. The molecule has 1 aromatic carbocycles. The first-order chi connectivity index (χ1) is 11.1. The number of carbonyl (C=O) groups is 1. The molecule has 2 N–H and O–H groups in total. The van der Waals surface area contributed by atoms with Crippen LogP contribution >= 0.6 is 0 Å². The van der Waals surface area contributed by atoms with Crippen molar-refractivity contribution in [1.82, 2.24) is 10.2 Å². The van der Waals surface area contributed by atoms with Crippen LogP contribution in [0.5, 0.6) is 0 Å². The molecule has 0 aliphatic heterocycles. The third-order valence-electron chi connectivity index (χ3n) is 3.88. The van der Waals surface area contributed by atoms with Crippen LogP contribution in [-0.4, -0.2) is 42.2 Å². The molecule has 23 heavy (non-hydrogen) atoms. The molecule has 0 aliphatic carbocycles. The zero-order valence-corrected chi connectivity index (χ0v) is 13.7. The lowest BCUT2D eigenvalue weighted by atomic mass is 10.1. The number of likely N-dealkylation sites (N-methyl/N-ethyl adjacent to an activating group) is 1. The minimum Gasteiger partial charge on any atom is -0.478 e. The standard InChI is InChI=1S/C18H24N2O3/c1-3-20(4-2)12-11-19-13-16-9-10-17(23-16)14-5-7-15(8-6-14)18(21)22/h5-10,19H,3-4,11-13H2,1-2H3,(H,21,22). The molecule has 1 aromatic heterocycles. The van der Waals surface area contributed by atoms with Crippen LogP contribution < -0.4 is 5.32 Å². The number of aromatic carboxylic acids is 1. The molecule has 0 unspecified atom stereocenters. The summed E-state index contributed by atoms with van der Waals surface area (Å²) in [4.78, 5) is 13.2. The van der Waals surface area contributed by atoms with E-state index in [2.05, 4.69) is 24.1 Å². The lowest BCUT2D eigenvalue weighted by Crippen LogP contribution is -2.31. The molecule has 2 rings (SSSR count). The van der Waals surface area contributed by atoms with Crippen LogP contribution in [0.1, 0.15) is 30.0 Å². The van der Waals surface area contributed by atoms with Crippen LogP contribution in [-0.2, 0) is 6.54 Å². The van der Waals surface area contributed by atoms with Gasteiger partial charge in [0.15, 0.2) is 0 Å². The smallest absolute Gasteiger partial charge is 0.335 e. The van der Waals surface area contributed by atoms with Crippen LogP contribution in [0.25, 0.3) is 11.3 Å². The van der Waals surface area contributed by atoms with Gasteiger partial charge in [0.05, 0.1) is 12.1 Å². The predicted molar refractivity (Wildman–Crippen MR) is 90.6 cm³/mol. The molecular formula is C18H24N2O3. The summed E-state index contributed by atoms with van der Waals surface area (Å²) < 4.78 is 5.81. The molecule has 0 aliphatic rings. The number of benzene rings is 1. The van der Waals surface area contributed by atoms with Crippen molar-refractivity contribution in [3.05, 3.63) is 47.7 Å². The van der Waals surface area contributed by atoms with Gasteiger partial charge in [-0.25, -0.2) is 4.79 Å². The Morgan fingerprint density at radius 2 is 1.83 bits per heavy atom. The maximum atomic E-state index is 10.9. The van der Waals surface area contributed by atoms with E-state index in [0.29, 0.717) is 6.54 Å². The van der Waals surface area contributed by atoms with Gasteiger partial charge in [-0.3, -0.25) is 0 Å². The number of carboxylic acid groups (broad SMARTS) is 1. The third kappa shape index (κ3) is 4.94. The summed E-state index contributed by atoms with van der Waals surface area (Å²) >= 11 is 0. The monoisotopic (exact) mass is 316 g/mol. The Hall–Kier alpha value is -2.11. The van der Waals surface area contributed by atoms with E-state index < -0.39 is 5.97 Å². The SMILES string of the molecule is CCN(CC)CCNCc1ccc(-c2ccc(C(=O)O)cc2)o1. The van der Waals surface area contributed by atoms with Crippen molar-refractivity contribution < 1.29 is 14.3 Å². The minimum atomic E-state index is -0.922. The highest BCUT2D eigenvalue weighted by molar-refractivity contribution is 5.88. The molecule has 0 bridgehead atoms. The Kier molecular flexibility index (Phi) is 6.38. The summed E-state index contributed by atoms with van der Waals surface area (Å²) in [5.41, 5.74) is 1.16. The van der Waals surface area contributed by atoms with E-state index in [9.17, 15) is 4.79 Å². The average molecular weight is 316 g/mol. The van der Waals surface area contributed by atoms with Crippen molar-refractivity contribution in [1.29, 1.82) is 0 Å². The van der Waals surface area contributed by atoms with Gasteiger partial charge in [-0.2, -0.15) is 0 Å². The molecule has 0 fully saturated rings. The molecule has 0 saturated heterocycles. The molecule has 5 heteroatoms. The second-order valence-electron chi connectivity index (χ2n) is 5.35. The van der Waals surface area contributed by atoms with Crippen LogP contribution in [0.3, 0.4) is 0 Å². The molecule has 0 spiro atoms. The zero-order valence-electron chi connectivity index (χ0n) is 13.7. The molecule has 1 heterocycles. The van der Waals surface area contributed by atoms with Crippen LogP contribution in [0.15, 0.2) is 40.8 Å². The summed E-state index contributed by atoms with van der Waals surface area (Å²) in [5.74, 6) is 0.707. The Bertz CT molecular complexity index is 615. The maximum Gasteiger partial charge on any atom is 0.335 e. The lowest BCUT2D eigenvalue weighted by Gasteiger charge is -2.17. The summed E-state index contributed by atoms with van der Waals surface area (Å²) in [6.45, 7) is 9.09. The molecule has 2 aromatic rings. The number of furan rings is 1. The second kappa shape index (κ2) is 8.50. The highest BCUT2D eigenvalue weighted by Gasteiger charge is 2.07. The first kappa shape index (κ1) is 17.2. The number of hydrogen-bond acceptors (Lipinski definition) is 4. The van der Waals surface area contributed by atoms with Crippen LogP contribution in [0.2, 0.25) is 0 Å². The van der Waals surface area contributed by atoms with Gasteiger partial charge >= 0.3 is 5.97 Å². The van der Waals surface area contributed by atoms with E-state index >= 15 is 0 Å². The molecule has 5 nitrogen and oxygen atoms in total. The fraction of sp³-hybridized carbons (Fsp3) is 0.389. The van der Waals surface area contributed by atoms with E-state index in [4.69, 9.17) is 9.52 Å². The Labute approximate surface area is 136 Å². The average Bonchev–Trinajstić information content (AvgIpc) is 3.04. The Balaban J connectivity index is 1.86. The highest BCUT2D eigenvalue weighted by atomic mass is 16.4. The van der Waals surface area contributed by atoms with E-state index in [1.54, 1.807) is 24.3 Å². The predicted octanol–water partition coefficient (Wildman–Crippen LogP) is 3.08. The molecular weight excluding hydrogens is 292 g/mol. The topological polar surface area (TPSA) is 65.7 Å². The van der Waals surface area contributed by atoms with Gasteiger partial charge in [0.25, 0.3) is 0 Å². The minimum absolute atomic E-state index is 0.276. The van der Waals surface area contributed by atoms with Crippen LogP contribution in [0.4, 0.5) is 0 Å². The van der Waals surface area contributed by atoms with Crippen LogP contribution in [0, 0.1) is 0 Å². The zero-order chi connectivity index (χ0) is 16.7. The van der Waals surface area contributed by atoms with E-state index in [0.717, 1.165) is 43.3 Å². The molecule has 124 valence electrons. The number of carboxylic acids is 1.